The maximum Gasteiger partial charge on any atom is 0.414 e. The highest BCUT2D eigenvalue weighted by Gasteiger charge is 2.26. The highest BCUT2D eigenvalue weighted by Crippen LogP contribution is 2.06. The Morgan fingerprint density at radius 2 is 1.24 bits per heavy atom. The Labute approximate surface area is 290 Å². The van der Waals surface area contributed by atoms with Crippen LogP contribution in [-0.4, -0.2) is 75.3 Å². The number of unbranched alkanes of at least 4 members (excludes halogenated alkanes) is 1. The zero-order chi connectivity index (χ0) is 36.2. The number of guanidine groups is 1. The third-order valence-electron chi connectivity index (χ3n) is 6.79. The molecule has 0 bridgehead atoms. The largest absolute Gasteiger partial charge is 0.444 e. The summed E-state index contributed by atoms with van der Waals surface area (Å²) >= 11 is 0. The van der Waals surface area contributed by atoms with Crippen LogP contribution in [0.5, 0.6) is 0 Å². The van der Waals surface area contributed by atoms with Crippen LogP contribution < -0.4 is 26.0 Å². The summed E-state index contributed by atoms with van der Waals surface area (Å²) in [5, 5.41) is 19.5. The van der Waals surface area contributed by atoms with Crippen LogP contribution in [0.1, 0.15) is 36.5 Å². The molecule has 0 spiro atoms. The van der Waals surface area contributed by atoms with Crippen LogP contribution in [0, 0.1) is 0 Å². The van der Waals surface area contributed by atoms with Gasteiger partial charge in [-0.15, -0.1) is 0 Å². The minimum Gasteiger partial charge on any atom is -0.444 e. The summed E-state index contributed by atoms with van der Waals surface area (Å²) in [4.78, 5) is 54.2. The van der Waals surface area contributed by atoms with E-state index in [1.54, 1.807) is 78.9 Å². The second-order valence-electron chi connectivity index (χ2n) is 10.9. The van der Waals surface area contributed by atoms with Crippen molar-refractivity contribution in [1.29, 1.82) is 0 Å². The number of aliphatic imine (C=N–C) groups is 1. The number of alkyl carbamates (subject to hydrolysis) is 2. The molecule has 268 valence electrons. The van der Waals surface area contributed by atoms with Crippen molar-refractivity contribution < 1.29 is 42.2 Å². The first-order chi connectivity index (χ1) is 24.0. The van der Waals surface area contributed by atoms with Crippen LogP contribution in [0.25, 0.3) is 0 Å². The van der Waals surface area contributed by atoms with Crippen molar-refractivity contribution in [1.82, 2.24) is 26.0 Å². The molecule has 0 aliphatic carbocycles. The van der Waals surface area contributed by atoms with Gasteiger partial charge in [0, 0.05) is 13.1 Å². The summed E-state index contributed by atoms with van der Waals surface area (Å²) in [6.45, 7) is 0.966. The molecule has 0 saturated carbocycles. The van der Waals surface area contributed by atoms with E-state index in [1.165, 1.54) is 6.92 Å². The van der Waals surface area contributed by atoms with Crippen molar-refractivity contribution in [3.05, 3.63) is 108 Å². The summed E-state index contributed by atoms with van der Waals surface area (Å²) in [6.07, 6.45) is -0.807. The lowest BCUT2D eigenvalue weighted by atomic mass is 10.2. The number of hydrogen-bond acceptors (Lipinski definition) is 10. The fourth-order valence-electron chi connectivity index (χ4n) is 4.22. The first kappa shape index (κ1) is 39.1. The van der Waals surface area contributed by atoms with Crippen molar-refractivity contribution in [2.45, 2.75) is 50.8 Å². The molecule has 0 radical (unpaired) electrons. The number of aliphatic hydroxyl groups is 1. The molecule has 50 heavy (non-hydrogen) atoms. The Hall–Kier alpha value is -5.32. The zero-order valence-corrected chi connectivity index (χ0v) is 28.4. The number of amides is 4. The van der Waals surface area contributed by atoms with Crippen molar-refractivity contribution in [3.63, 3.8) is 0 Å². The number of ether oxygens (including phenoxy) is 2. The SMILES string of the molecule is CC(NC(=O)[C@@H](CO)NS(=O)(=O)Cc1ccccc1)C(=O)NCCCCN=C(NC(=O)OCc1ccccc1)NC(=O)OCc1ccccc1. The van der Waals surface area contributed by atoms with Crippen LogP contribution in [0.3, 0.4) is 0 Å². The Morgan fingerprint density at radius 1 is 0.740 bits per heavy atom. The van der Waals surface area contributed by atoms with Gasteiger partial charge in [-0.05, 0) is 36.5 Å². The minimum atomic E-state index is -3.96. The van der Waals surface area contributed by atoms with E-state index in [1.807, 2.05) is 12.1 Å². The molecule has 3 aromatic carbocycles. The van der Waals surface area contributed by atoms with Gasteiger partial charge in [0.2, 0.25) is 27.8 Å². The first-order valence-corrected chi connectivity index (χ1v) is 17.4. The van der Waals surface area contributed by atoms with Gasteiger partial charge in [-0.2, -0.15) is 0 Å². The quantitative estimate of drug-likeness (QED) is 0.0687. The number of aliphatic hydroxyl groups excluding tert-OH is 1. The monoisotopic (exact) mass is 710 g/mol. The van der Waals surface area contributed by atoms with E-state index in [2.05, 4.69) is 31.0 Å². The lowest BCUT2D eigenvalue weighted by molar-refractivity contribution is -0.129. The molecular weight excluding hydrogens is 668 g/mol. The number of carbonyl (C=O) groups excluding carboxylic acids is 4. The zero-order valence-electron chi connectivity index (χ0n) is 27.5. The van der Waals surface area contributed by atoms with E-state index in [0.29, 0.717) is 18.4 Å². The molecule has 2 atom stereocenters. The van der Waals surface area contributed by atoms with E-state index in [9.17, 15) is 32.7 Å². The van der Waals surface area contributed by atoms with Crippen LogP contribution in [0.15, 0.2) is 96.0 Å². The summed E-state index contributed by atoms with van der Waals surface area (Å²) in [5.41, 5.74) is 2.04. The van der Waals surface area contributed by atoms with Gasteiger partial charge in [-0.1, -0.05) is 91.0 Å². The van der Waals surface area contributed by atoms with Crippen molar-refractivity contribution in [3.8, 4) is 0 Å². The number of hydrogen-bond donors (Lipinski definition) is 6. The maximum absolute atomic E-state index is 12.6. The maximum atomic E-state index is 12.6. The van der Waals surface area contributed by atoms with E-state index >= 15 is 0 Å². The highest BCUT2D eigenvalue weighted by atomic mass is 32.2. The molecule has 0 saturated heterocycles. The molecule has 16 heteroatoms. The van der Waals surface area contributed by atoms with E-state index < -0.39 is 52.7 Å². The second kappa shape index (κ2) is 20.9. The summed E-state index contributed by atoms with van der Waals surface area (Å²) in [5.74, 6) is -1.96. The lowest BCUT2D eigenvalue weighted by Crippen LogP contribution is -2.54. The third kappa shape index (κ3) is 15.3. The van der Waals surface area contributed by atoms with Crippen LogP contribution in [0.4, 0.5) is 9.59 Å². The van der Waals surface area contributed by atoms with Gasteiger partial charge in [0.05, 0.1) is 12.4 Å². The first-order valence-electron chi connectivity index (χ1n) is 15.8. The number of benzene rings is 3. The summed E-state index contributed by atoms with van der Waals surface area (Å²) in [6, 6.07) is 23.9. The van der Waals surface area contributed by atoms with Crippen LogP contribution >= 0.6 is 0 Å². The third-order valence-corrected chi connectivity index (χ3v) is 8.15. The smallest absolute Gasteiger partial charge is 0.414 e. The average Bonchev–Trinajstić information content (AvgIpc) is 3.11. The predicted octanol–water partition coefficient (Wildman–Crippen LogP) is 2.08. The molecule has 0 aliphatic rings. The molecule has 3 aromatic rings. The molecule has 0 aromatic heterocycles. The van der Waals surface area contributed by atoms with Gasteiger partial charge in [0.25, 0.3) is 0 Å². The van der Waals surface area contributed by atoms with Gasteiger partial charge in [0.1, 0.15) is 25.3 Å². The van der Waals surface area contributed by atoms with Gasteiger partial charge in [-0.3, -0.25) is 25.2 Å². The number of nitrogens with zero attached hydrogens (tertiary/aromatic N) is 1. The van der Waals surface area contributed by atoms with Crippen LogP contribution in [-0.2, 0) is 48.1 Å². The Balaban J connectivity index is 1.43. The van der Waals surface area contributed by atoms with Gasteiger partial charge < -0.3 is 25.2 Å². The highest BCUT2D eigenvalue weighted by molar-refractivity contribution is 7.88. The van der Waals surface area contributed by atoms with Crippen molar-refractivity contribution in [2.75, 3.05) is 19.7 Å². The molecule has 15 nitrogen and oxygen atoms in total. The number of sulfonamides is 1. The van der Waals surface area contributed by atoms with Gasteiger partial charge in [0.15, 0.2) is 0 Å². The van der Waals surface area contributed by atoms with Crippen LogP contribution in [0.2, 0.25) is 0 Å². The standard InChI is InChI=1S/C34H42N6O9S/c1-25(37-31(43)29(21-41)40-50(46,47)24-28-17-9-4-10-18-28)30(42)35-19-11-12-20-36-32(38-33(44)48-22-26-13-5-2-6-14-26)39-34(45)49-23-27-15-7-3-8-16-27/h2-10,13-18,25,29,40-41H,11-12,19-24H2,1H3,(H,35,42)(H,37,43)(H2,36,38,39,44,45)/t25?,29-/m1/s1. The Morgan fingerprint density at radius 3 is 1.74 bits per heavy atom. The predicted molar refractivity (Wildman–Crippen MR) is 185 cm³/mol. The molecule has 0 fully saturated rings. The Kier molecular flexibility index (Phi) is 16.4. The average molecular weight is 711 g/mol. The number of nitrogens with one attached hydrogen (secondary N) is 5. The summed E-state index contributed by atoms with van der Waals surface area (Å²) in [7, 11) is -3.96. The normalized spacial score (nSPS) is 12.0. The molecular formula is C34H42N6O9S. The Bertz CT molecular complexity index is 1600. The number of rotatable bonds is 17. The van der Waals surface area contributed by atoms with Crippen molar-refractivity contribution in [2.24, 2.45) is 4.99 Å². The fourth-order valence-corrected chi connectivity index (χ4v) is 5.55. The molecule has 3 rings (SSSR count). The topological polar surface area (TPSA) is 214 Å². The summed E-state index contributed by atoms with van der Waals surface area (Å²) < 4.78 is 37.6. The van der Waals surface area contributed by atoms with E-state index in [-0.39, 0.29) is 38.0 Å². The molecule has 1 unspecified atom stereocenters. The minimum absolute atomic E-state index is 0.00150. The van der Waals surface area contributed by atoms with E-state index in [0.717, 1.165) is 11.1 Å². The van der Waals surface area contributed by atoms with Gasteiger partial charge >= 0.3 is 12.2 Å². The second-order valence-corrected chi connectivity index (χ2v) is 12.7. The molecule has 6 N–H and O–H groups in total. The molecule has 4 amide bonds. The number of carbonyl (C=O) groups is 4. The van der Waals surface area contributed by atoms with Crippen molar-refractivity contribution >= 4 is 40.0 Å². The fraction of sp³-hybridized carbons (Fsp3) is 0.324. The van der Waals surface area contributed by atoms with E-state index in [4.69, 9.17) is 9.47 Å². The lowest BCUT2D eigenvalue weighted by Gasteiger charge is -2.19. The molecule has 0 aliphatic heterocycles. The van der Waals surface area contributed by atoms with Gasteiger partial charge in [-0.25, -0.2) is 22.7 Å². The molecule has 0 heterocycles.